The van der Waals surface area contributed by atoms with Crippen LogP contribution in [0.1, 0.15) is 25.3 Å². The monoisotopic (exact) mass is 205 g/mol. The van der Waals surface area contributed by atoms with Crippen molar-refractivity contribution in [2.45, 2.75) is 25.3 Å². The summed E-state index contributed by atoms with van der Waals surface area (Å²) < 4.78 is 12.8. The molecule has 1 aromatic carbocycles. The summed E-state index contributed by atoms with van der Waals surface area (Å²) in [7, 11) is 0. The molecule has 1 aromatic rings. The summed E-state index contributed by atoms with van der Waals surface area (Å²) >= 11 is 0. The maximum atomic E-state index is 12.8. The van der Waals surface area contributed by atoms with Crippen LogP contribution in [-0.2, 0) is 10.3 Å². The Bertz CT molecular complexity index is 400. The summed E-state index contributed by atoms with van der Waals surface area (Å²) in [5.74, 6) is 0.295. The first-order chi connectivity index (χ1) is 7.16. The molecule has 0 heterocycles. The van der Waals surface area contributed by atoms with Crippen LogP contribution >= 0.6 is 0 Å². The highest BCUT2D eigenvalue weighted by Gasteiger charge is 2.43. The molecule has 1 fully saturated rings. The zero-order chi connectivity index (χ0) is 10.9. The summed E-state index contributed by atoms with van der Waals surface area (Å²) in [5.41, 5.74) is 0.472. The fourth-order valence-electron chi connectivity index (χ4n) is 2.33. The van der Waals surface area contributed by atoms with Gasteiger partial charge in [-0.15, -0.1) is 0 Å². The van der Waals surface area contributed by atoms with Crippen LogP contribution in [0.3, 0.4) is 0 Å². The van der Waals surface area contributed by atoms with Crippen LogP contribution in [0.5, 0.6) is 0 Å². The molecule has 0 amide bonds. The van der Waals surface area contributed by atoms with Gasteiger partial charge in [-0.05, 0) is 36.5 Å². The van der Waals surface area contributed by atoms with Crippen molar-refractivity contribution in [3.63, 3.8) is 0 Å². The number of rotatable bonds is 2. The molecule has 1 aliphatic rings. The van der Waals surface area contributed by atoms with Crippen molar-refractivity contribution in [3.05, 3.63) is 35.6 Å². The van der Waals surface area contributed by atoms with Gasteiger partial charge in [0, 0.05) is 0 Å². The van der Waals surface area contributed by atoms with Crippen LogP contribution in [0, 0.1) is 11.7 Å². The van der Waals surface area contributed by atoms with E-state index in [-0.39, 0.29) is 5.82 Å². The zero-order valence-corrected chi connectivity index (χ0v) is 8.53. The highest BCUT2D eigenvalue weighted by molar-refractivity contribution is 5.39. The van der Waals surface area contributed by atoms with E-state index < -0.39 is 5.54 Å². The van der Waals surface area contributed by atoms with Gasteiger partial charge in [0.15, 0.2) is 0 Å². The first-order valence-electron chi connectivity index (χ1n) is 5.01. The van der Waals surface area contributed by atoms with Crippen LogP contribution in [0.2, 0.25) is 0 Å². The topological polar surface area (TPSA) is 29.4 Å². The molecular weight excluding hydrogens is 193 g/mol. The van der Waals surface area contributed by atoms with Gasteiger partial charge in [-0.3, -0.25) is 0 Å². The highest BCUT2D eigenvalue weighted by Crippen LogP contribution is 2.48. The molecule has 0 saturated heterocycles. The molecule has 2 nitrogen and oxygen atoms in total. The number of carbonyl (C=O) groups excluding carboxylic acids is 1. The summed E-state index contributed by atoms with van der Waals surface area (Å²) in [6.45, 7) is 2.11. The molecule has 0 aromatic heterocycles. The average Bonchev–Trinajstić information content (AvgIpc) is 2.16. The second kappa shape index (κ2) is 3.59. The standard InChI is InChI=1S/C12H12FNO/c1-9-6-12(7-9,14-8-15)10-2-4-11(13)5-3-10/h2-5,9H,6-7H2,1H3. The predicted octanol–water partition coefficient (Wildman–Crippen LogP) is 2.79. The average molecular weight is 205 g/mol. The van der Waals surface area contributed by atoms with Gasteiger partial charge < -0.3 is 0 Å². The quantitative estimate of drug-likeness (QED) is 0.539. The minimum atomic E-state index is -0.436. The molecule has 2 rings (SSSR count). The molecule has 1 aliphatic carbocycles. The molecule has 0 aliphatic heterocycles. The number of nitrogens with zero attached hydrogens (tertiary/aromatic N) is 1. The Hall–Kier alpha value is -1.47. The van der Waals surface area contributed by atoms with Crippen LogP contribution in [0.4, 0.5) is 4.39 Å². The number of isocyanates is 1. The van der Waals surface area contributed by atoms with Gasteiger partial charge in [0.05, 0.1) is 5.54 Å². The summed E-state index contributed by atoms with van der Waals surface area (Å²) in [5, 5.41) is 0. The minimum Gasteiger partial charge on any atom is -0.211 e. The molecule has 78 valence electrons. The molecule has 0 atom stereocenters. The third kappa shape index (κ3) is 1.71. The van der Waals surface area contributed by atoms with E-state index in [0.29, 0.717) is 5.92 Å². The number of benzene rings is 1. The van der Waals surface area contributed by atoms with Gasteiger partial charge in [-0.25, -0.2) is 9.18 Å². The Kier molecular flexibility index (Phi) is 2.41. The van der Waals surface area contributed by atoms with Gasteiger partial charge in [-0.1, -0.05) is 19.1 Å². The SMILES string of the molecule is CC1CC(N=C=O)(c2ccc(F)cc2)C1. The first kappa shape index (κ1) is 10.1. The van der Waals surface area contributed by atoms with Gasteiger partial charge in [0.2, 0.25) is 6.08 Å². The van der Waals surface area contributed by atoms with Gasteiger partial charge in [0.1, 0.15) is 5.82 Å². The third-order valence-corrected chi connectivity index (χ3v) is 3.01. The van der Waals surface area contributed by atoms with Crippen LogP contribution in [-0.4, -0.2) is 6.08 Å². The lowest BCUT2D eigenvalue weighted by atomic mass is 9.66. The molecule has 0 unspecified atom stereocenters. The van der Waals surface area contributed by atoms with E-state index in [1.165, 1.54) is 12.1 Å². The summed E-state index contributed by atoms with van der Waals surface area (Å²) in [6.07, 6.45) is 3.31. The maximum Gasteiger partial charge on any atom is 0.235 e. The predicted molar refractivity (Wildman–Crippen MR) is 54.6 cm³/mol. The zero-order valence-electron chi connectivity index (χ0n) is 8.53. The molecule has 0 N–H and O–H groups in total. The molecule has 0 bridgehead atoms. The Morgan fingerprint density at radius 1 is 1.40 bits per heavy atom. The Morgan fingerprint density at radius 3 is 2.47 bits per heavy atom. The largest absolute Gasteiger partial charge is 0.235 e. The van der Waals surface area contributed by atoms with Gasteiger partial charge >= 0.3 is 0 Å². The van der Waals surface area contributed by atoms with E-state index in [1.54, 1.807) is 18.2 Å². The van der Waals surface area contributed by atoms with Crippen molar-refractivity contribution in [2.24, 2.45) is 10.9 Å². The van der Waals surface area contributed by atoms with Crippen molar-refractivity contribution in [2.75, 3.05) is 0 Å². The van der Waals surface area contributed by atoms with Crippen LogP contribution < -0.4 is 0 Å². The lowest BCUT2D eigenvalue weighted by Gasteiger charge is -2.42. The van der Waals surface area contributed by atoms with E-state index in [0.717, 1.165) is 18.4 Å². The summed E-state index contributed by atoms with van der Waals surface area (Å²) in [6, 6.07) is 6.20. The summed E-state index contributed by atoms with van der Waals surface area (Å²) in [4.78, 5) is 14.3. The van der Waals surface area contributed by atoms with E-state index in [9.17, 15) is 9.18 Å². The highest BCUT2D eigenvalue weighted by atomic mass is 19.1. The molecule has 1 saturated carbocycles. The number of hydrogen-bond donors (Lipinski definition) is 0. The smallest absolute Gasteiger partial charge is 0.211 e. The van der Waals surface area contributed by atoms with Gasteiger partial charge in [-0.2, -0.15) is 4.99 Å². The minimum absolute atomic E-state index is 0.267. The van der Waals surface area contributed by atoms with Crippen molar-refractivity contribution in [1.82, 2.24) is 0 Å². The fourth-order valence-corrected chi connectivity index (χ4v) is 2.33. The maximum absolute atomic E-state index is 12.8. The van der Waals surface area contributed by atoms with E-state index in [4.69, 9.17) is 0 Å². The van der Waals surface area contributed by atoms with Crippen molar-refractivity contribution >= 4 is 6.08 Å². The molecule has 3 heteroatoms. The van der Waals surface area contributed by atoms with Crippen molar-refractivity contribution < 1.29 is 9.18 Å². The third-order valence-electron chi connectivity index (χ3n) is 3.01. The van der Waals surface area contributed by atoms with E-state index in [1.807, 2.05) is 0 Å². The lowest BCUT2D eigenvalue weighted by Crippen LogP contribution is -2.38. The Labute approximate surface area is 87.8 Å². The Morgan fingerprint density at radius 2 is 2.00 bits per heavy atom. The lowest BCUT2D eigenvalue weighted by molar-refractivity contribution is 0.166. The van der Waals surface area contributed by atoms with Crippen molar-refractivity contribution in [1.29, 1.82) is 0 Å². The van der Waals surface area contributed by atoms with E-state index >= 15 is 0 Å². The molecule has 0 radical (unpaired) electrons. The van der Waals surface area contributed by atoms with Crippen molar-refractivity contribution in [3.8, 4) is 0 Å². The number of aliphatic imine (C=N–C) groups is 1. The molecule has 15 heavy (non-hydrogen) atoms. The second-order valence-corrected chi connectivity index (χ2v) is 4.25. The fraction of sp³-hybridized carbons (Fsp3) is 0.417. The number of halogens is 1. The molecule has 0 spiro atoms. The first-order valence-corrected chi connectivity index (χ1v) is 5.01. The Balaban J connectivity index is 2.34. The second-order valence-electron chi connectivity index (χ2n) is 4.25. The van der Waals surface area contributed by atoms with E-state index in [2.05, 4.69) is 11.9 Å². The van der Waals surface area contributed by atoms with Crippen LogP contribution in [0.15, 0.2) is 29.3 Å². The van der Waals surface area contributed by atoms with Gasteiger partial charge in [0.25, 0.3) is 0 Å². The normalized spacial score (nSPS) is 29.1. The van der Waals surface area contributed by atoms with Crippen LogP contribution in [0.25, 0.3) is 0 Å². The number of hydrogen-bond acceptors (Lipinski definition) is 2. The molecular formula is C12H12FNO.